The van der Waals surface area contributed by atoms with E-state index in [1.54, 1.807) is 36.5 Å². The van der Waals surface area contributed by atoms with Crippen molar-refractivity contribution in [3.05, 3.63) is 59.9 Å². The number of primary sulfonamides is 1. The third kappa shape index (κ3) is 5.04. The molecule has 0 unspecified atom stereocenters. The van der Waals surface area contributed by atoms with Gasteiger partial charge in [0.15, 0.2) is 0 Å². The van der Waals surface area contributed by atoms with Crippen molar-refractivity contribution in [3.63, 3.8) is 0 Å². The number of hydrogen-bond donors (Lipinski definition) is 2. The normalized spacial score (nSPS) is 11.0. The van der Waals surface area contributed by atoms with Crippen LogP contribution in [0.25, 0.3) is 0 Å². The van der Waals surface area contributed by atoms with Crippen LogP contribution in [-0.4, -0.2) is 31.4 Å². The molecule has 0 saturated heterocycles. The lowest BCUT2D eigenvalue weighted by molar-refractivity contribution is 0.206. The first-order chi connectivity index (χ1) is 10.9. The maximum Gasteiger partial charge on any atom is 0.317 e. The Morgan fingerprint density at radius 2 is 1.74 bits per heavy atom. The van der Waals surface area contributed by atoms with E-state index in [0.29, 0.717) is 13.1 Å². The van der Waals surface area contributed by atoms with Gasteiger partial charge in [-0.3, -0.25) is 4.98 Å². The van der Waals surface area contributed by atoms with Gasteiger partial charge in [0.1, 0.15) is 0 Å². The second-order valence-corrected chi connectivity index (χ2v) is 6.62. The van der Waals surface area contributed by atoms with Crippen LogP contribution in [0.4, 0.5) is 4.79 Å². The highest BCUT2D eigenvalue weighted by molar-refractivity contribution is 7.89. The molecular weight excluding hydrogens is 316 g/mol. The molecule has 0 bridgehead atoms. The summed E-state index contributed by atoms with van der Waals surface area (Å²) in [6.07, 6.45) is 3.35. The van der Waals surface area contributed by atoms with Gasteiger partial charge in [-0.05, 0) is 35.4 Å². The van der Waals surface area contributed by atoms with Gasteiger partial charge in [-0.25, -0.2) is 18.4 Å². The fraction of sp³-hybridized carbons (Fsp3) is 0.200. The van der Waals surface area contributed by atoms with E-state index in [-0.39, 0.29) is 10.9 Å². The molecule has 0 radical (unpaired) electrons. The number of rotatable bonds is 5. The van der Waals surface area contributed by atoms with Gasteiger partial charge in [0.05, 0.1) is 4.90 Å². The van der Waals surface area contributed by atoms with Gasteiger partial charge >= 0.3 is 6.03 Å². The molecule has 1 aromatic heterocycles. The molecule has 2 rings (SSSR count). The SMILES string of the molecule is CN(Cc1ccncc1)C(=O)NCc1ccc(S(N)(=O)=O)cc1. The lowest BCUT2D eigenvalue weighted by Crippen LogP contribution is -2.36. The molecule has 0 aliphatic rings. The first-order valence-corrected chi connectivity index (χ1v) is 8.40. The van der Waals surface area contributed by atoms with Crippen LogP contribution in [-0.2, 0) is 23.1 Å². The van der Waals surface area contributed by atoms with Crippen LogP contribution in [0.15, 0.2) is 53.7 Å². The van der Waals surface area contributed by atoms with Crippen molar-refractivity contribution in [1.29, 1.82) is 0 Å². The summed E-state index contributed by atoms with van der Waals surface area (Å²) in [5, 5.41) is 7.80. The molecular formula is C15H18N4O3S. The topological polar surface area (TPSA) is 105 Å². The number of nitrogens with one attached hydrogen (secondary N) is 1. The van der Waals surface area contributed by atoms with Gasteiger partial charge < -0.3 is 10.2 Å². The number of pyridine rings is 1. The van der Waals surface area contributed by atoms with E-state index in [1.807, 2.05) is 12.1 Å². The van der Waals surface area contributed by atoms with E-state index in [0.717, 1.165) is 11.1 Å². The van der Waals surface area contributed by atoms with Crippen LogP contribution < -0.4 is 10.5 Å². The van der Waals surface area contributed by atoms with Crippen molar-refractivity contribution < 1.29 is 13.2 Å². The molecule has 0 atom stereocenters. The quantitative estimate of drug-likeness (QED) is 0.853. The number of nitrogens with two attached hydrogens (primary N) is 1. The van der Waals surface area contributed by atoms with E-state index in [9.17, 15) is 13.2 Å². The predicted molar refractivity (Wildman–Crippen MR) is 85.8 cm³/mol. The lowest BCUT2D eigenvalue weighted by Gasteiger charge is -2.18. The number of amides is 2. The largest absolute Gasteiger partial charge is 0.334 e. The van der Waals surface area contributed by atoms with Crippen LogP contribution >= 0.6 is 0 Å². The Morgan fingerprint density at radius 1 is 1.13 bits per heavy atom. The second kappa shape index (κ2) is 7.21. The summed E-state index contributed by atoms with van der Waals surface area (Å²) >= 11 is 0. The fourth-order valence-electron chi connectivity index (χ4n) is 1.94. The maximum absolute atomic E-state index is 12.0. The number of benzene rings is 1. The number of hydrogen-bond acceptors (Lipinski definition) is 4. The summed E-state index contributed by atoms with van der Waals surface area (Å²) in [6.45, 7) is 0.767. The van der Waals surface area contributed by atoms with Crippen LogP contribution in [0.3, 0.4) is 0 Å². The van der Waals surface area contributed by atoms with Crippen molar-refractivity contribution in [2.75, 3.05) is 7.05 Å². The predicted octanol–water partition coefficient (Wildman–Crippen LogP) is 1.07. The Kier molecular flexibility index (Phi) is 5.30. The Balaban J connectivity index is 1.89. The molecule has 122 valence electrons. The molecule has 1 aromatic carbocycles. The molecule has 8 heteroatoms. The van der Waals surface area contributed by atoms with Crippen LogP contribution in [0, 0.1) is 0 Å². The van der Waals surface area contributed by atoms with Crippen molar-refractivity contribution in [2.24, 2.45) is 5.14 Å². The van der Waals surface area contributed by atoms with Crippen molar-refractivity contribution in [1.82, 2.24) is 15.2 Å². The van der Waals surface area contributed by atoms with Crippen molar-refractivity contribution >= 4 is 16.1 Å². The van der Waals surface area contributed by atoms with Gasteiger partial charge in [0.2, 0.25) is 10.0 Å². The Labute approximate surface area is 135 Å². The summed E-state index contributed by atoms with van der Waals surface area (Å²) < 4.78 is 22.3. The van der Waals surface area contributed by atoms with Crippen LogP contribution in [0.5, 0.6) is 0 Å². The zero-order chi connectivity index (χ0) is 16.9. The zero-order valence-corrected chi connectivity index (χ0v) is 13.5. The smallest absolute Gasteiger partial charge is 0.317 e. The maximum atomic E-state index is 12.0. The first kappa shape index (κ1) is 16.9. The molecule has 0 aliphatic carbocycles. The van der Waals surface area contributed by atoms with Crippen LogP contribution in [0.1, 0.15) is 11.1 Å². The average molecular weight is 334 g/mol. The standard InChI is InChI=1S/C15H18N4O3S/c1-19(11-13-6-8-17-9-7-13)15(20)18-10-12-2-4-14(5-3-12)23(16,21)22/h2-9H,10-11H2,1H3,(H,18,20)(H2,16,21,22). The molecule has 0 aliphatic heterocycles. The number of aromatic nitrogens is 1. The number of urea groups is 1. The summed E-state index contributed by atoms with van der Waals surface area (Å²) in [5.74, 6) is 0. The minimum atomic E-state index is -3.70. The third-order valence-corrected chi connectivity index (χ3v) is 4.14. The van der Waals surface area contributed by atoms with E-state index < -0.39 is 10.0 Å². The van der Waals surface area contributed by atoms with E-state index in [1.165, 1.54) is 12.1 Å². The van der Waals surface area contributed by atoms with Crippen molar-refractivity contribution in [3.8, 4) is 0 Å². The summed E-state index contributed by atoms with van der Waals surface area (Å²) in [4.78, 5) is 17.6. The molecule has 0 fully saturated rings. The summed E-state index contributed by atoms with van der Waals surface area (Å²) in [5.41, 5.74) is 1.76. The minimum absolute atomic E-state index is 0.0439. The molecule has 1 heterocycles. The van der Waals surface area contributed by atoms with E-state index in [2.05, 4.69) is 10.3 Å². The highest BCUT2D eigenvalue weighted by Gasteiger charge is 2.10. The molecule has 0 saturated carbocycles. The Hall–Kier alpha value is -2.45. The summed E-state index contributed by atoms with van der Waals surface area (Å²) in [6, 6.07) is 9.52. The fourth-order valence-corrected chi connectivity index (χ4v) is 2.46. The number of sulfonamides is 1. The monoisotopic (exact) mass is 334 g/mol. The third-order valence-electron chi connectivity index (χ3n) is 3.21. The summed E-state index contributed by atoms with van der Waals surface area (Å²) in [7, 11) is -2.01. The first-order valence-electron chi connectivity index (χ1n) is 6.86. The molecule has 3 N–H and O–H groups in total. The van der Waals surface area contributed by atoms with E-state index >= 15 is 0 Å². The highest BCUT2D eigenvalue weighted by atomic mass is 32.2. The molecule has 2 aromatic rings. The number of carbonyl (C=O) groups is 1. The van der Waals surface area contributed by atoms with E-state index in [4.69, 9.17) is 5.14 Å². The van der Waals surface area contributed by atoms with Gasteiger partial charge in [-0.1, -0.05) is 12.1 Å². The molecule has 0 spiro atoms. The Bertz CT molecular complexity index is 761. The average Bonchev–Trinajstić information content (AvgIpc) is 2.53. The second-order valence-electron chi connectivity index (χ2n) is 5.06. The molecule has 2 amide bonds. The number of nitrogens with zero attached hydrogens (tertiary/aromatic N) is 2. The number of carbonyl (C=O) groups excluding carboxylic acids is 1. The Morgan fingerprint density at radius 3 is 2.30 bits per heavy atom. The highest BCUT2D eigenvalue weighted by Crippen LogP contribution is 2.09. The zero-order valence-electron chi connectivity index (χ0n) is 12.6. The lowest BCUT2D eigenvalue weighted by atomic mass is 10.2. The van der Waals surface area contributed by atoms with Gasteiger partial charge in [0, 0.05) is 32.5 Å². The van der Waals surface area contributed by atoms with Gasteiger partial charge in [-0.15, -0.1) is 0 Å². The van der Waals surface area contributed by atoms with Gasteiger partial charge in [-0.2, -0.15) is 0 Å². The minimum Gasteiger partial charge on any atom is -0.334 e. The molecule has 7 nitrogen and oxygen atoms in total. The molecule has 23 heavy (non-hydrogen) atoms. The van der Waals surface area contributed by atoms with Gasteiger partial charge in [0.25, 0.3) is 0 Å². The van der Waals surface area contributed by atoms with Crippen LogP contribution in [0.2, 0.25) is 0 Å². The van der Waals surface area contributed by atoms with Crippen molar-refractivity contribution in [2.45, 2.75) is 18.0 Å².